The number of hydrogen-bond donors (Lipinski definition) is 1. The largest absolute Gasteiger partial charge is 0.383 e. The summed E-state index contributed by atoms with van der Waals surface area (Å²) in [5.41, 5.74) is 0. The highest BCUT2D eigenvalue weighted by Crippen LogP contribution is 2.04. The first-order chi connectivity index (χ1) is 9.04. The molecule has 19 heavy (non-hydrogen) atoms. The Hall–Kier alpha value is -1.89. The van der Waals surface area contributed by atoms with E-state index in [2.05, 4.69) is 15.0 Å². The minimum atomic E-state index is -0.320. The molecule has 7 nitrogen and oxygen atoms in total. The second-order valence-corrected chi connectivity index (χ2v) is 4.34. The molecule has 106 valence electrons. The normalized spacial score (nSPS) is 10.5. The quantitative estimate of drug-likeness (QED) is 0.789. The topological polar surface area (TPSA) is 84.7 Å². The molecule has 0 fully saturated rings. The third-order valence-electron chi connectivity index (χ3n) is 2.41. The molecule has 0 unspecified atom stereocenters. The molecule has 1 aromatic rings. The van der Waals surface area contributed by atoms with E-state index in [1.807, 2.05) is 0 Å². The van der Waals surface area contributed by atoms with Gasteiger partial charge in [0.25, 0.3) is 0 Å². The van der Waals surface area contributed by atoms with E-state index in [9.17, 15) is 9.59 Å². The zero-order valence-corrected chi connectivity index (χ0v) is 11.4. The van der Waals surface area contributed by atoms with Crippen LogP contribution in [0.15, 0.2) is 16.9 Å². The summed E-state index contributed by atoms with van der Waals surface area (Å²) in [7, 11) is 1.55. The Labute approximate surface area is 111 Å². The van der Waals surface area contributed by atoms with Crippen LogP contribution in [0.25, 0.3) is 0 Å². The van der Waals surface area contributed by atoms with E-state index in [-0.39, 0.29) is 24.3 Å². The zero-order chi connectivity index (χ0) is 14.3. The lowest BCUT2D eigenvalue weighted by molar-refractivity contribution is -0.138. The van der Waals surface area contributed by atoms with Gasteiger partial charge in [0.05, 0.1) is 13.2 Å². The number of methoxy groups -OCH3 is 1. The van der Waals surface area contributed by atoms with Crippen molar-refractivity contribution in [3.05, 3.63) is 12.3 Å². The van der Waals surface area contributed by atoms with E-state index < -0.39 is 0 Å². The average molecular weight is 269 g/mol. The van der Waals surface area contributed by atoms with Crippen LogP contribution in [0, 0.1) is 5.92 Å². The van der Waals surface area contributed by atoms with Crippen molar-refractivity contribution in [2.24, 2.45) is 5.92 Å². The van der Waals surface area contributed by atoms with Gasteiger partial charge >= 0.3 is 0 Å². The van der Waals surface area contributed by atoms with Crippen LogP contribution < -0.4 is 5.32 Å². The zero-order valence-electron chi connectivity index (χ0n) is 11.4. The Morgan fingerprint density at radius 1 is 1.53 bits per heavy atom. The molecule has 1 heterocycles. The lowest BCUT2D eigenvalue weighted by Crippen LogP contribution is -2.42. The maximum absolute atomic E-state index is 11.9. The number of ether oxygens (including phenoxy) is 1. The van der Waals surface area contributed by atoms with Gasteiger partial charge < -0.3 is 19.5 Å². The smallest absolute Gasteiger partial charge is 0.245 e. The number of aromatic nitrogens is 1. The maximum Gasteiger partial charge on any atom is 0.245 e. The van der Waals surface area contributed by atoms with E-state index in [4.69, 9.17) is 4.74 Å². The van der Waals surface area contributed by atoms with Gasteiger partial charge in [-0.1, -0.05) is 19.0 Å². The predicted octanol–water partition coefficient (Wildman–Crippen LogP) is 0.744. The van der Waals surface area contributed by atoms with Crippen molar-refractivity contribution in [2.45, 2.75) is 13.8 Å². The minimum absolute atomic E-state index is 0.0345. The molecule has 0 atom stereocenters. The maximum atomic E-state index is 11.9. The fourth-order valence-corrected chi connectivity index (χ4v) is 1.47. The van der Waals surface area contributed by atoms with Gasteiger partial charge in [0, 0.05) is 25.6 Å². The van der Waals surface area contributed by atoms with Crippen LogP contribution in [-0.2, 0) is 14.3 Å². The Balaban J connectivity index is 2.55. The lowest BCUT2D eigenvalue weighted by Gasteiger charge is -2.23. The Bertz CT molecular complexity index is 403. The molecule has 0 aromatic carbocycles. The van der Waals surface area contributed by atoms with Crippen LogP contribution >= 0.6 is 0 Å². The van der Waals surface area contributed by atoms with E-state index >= 15 is 0 Å². The summed E-state index contributed by atoms with van der Waals surface area (Å²) in [6.45, 7) is 4.30. The monoisotopic (exact) mass is 269 g/mol. The standard InChI is InChI=1S/C12H19N3O4/c1-9(2)12(17)15(5-7-18-3)8-11(16)13-10-4-6-19-14-10/h4,6,9H,5,7-8H2,1-3H3,(H,13,14,16). The first kappa shape index (κ1) is 15.2. The molecule has 0 aliphatic carbocycles. The van der Waals surface area contributed by atoms with Gasteiger partial charge in [-0.05, 0) is 0 Å². The molecule has 2 amide bonds. The molecule has 1 rings (SSSR count). The van der Waals surface area contributed by atoms with Crippen molar-refractivity contribution in [1.82, 2.24) is 10.1 Å². The molecule has 0 aliphatic heterocycles. The van der Waals surface area contributed by atoms with E-state index in [0.29, 0.717) is 19.0 Å². The summed E-state index contributed by atoms with van der Waals surface area (Å²) >= 11 is 0. The predicted molar refractivity (Wildman–Crippen MR) is 68.4 cm³/mol. The number of carbonyl (C=O) groups excluding carboxylic acids is 2. The Kier molecular flexibility index (Phi) is 6.01. The van der Waals surface area contributed by atoms with Crippen LogP contribution in [0.2, 0.25) is 0 Å². The summed E-state index contributed by atoms with van der Waals surface area (Å²) in [5.74, 6) is -0.253. The Morgan fingerprint density at radius 2 is 2.26 bits per heavy atom. The molecule has 0 bridgehead atoms. The molecule has 1 N–H and O–H groups in total. The SMILES string of the molecule is COCCN(CC(=O)Nc1ccon1)C(=O)C(C)C. The summed E-state index contributed by atoms with van der Waals surface area (Å²) < 4.78 is 9.54. The molecule has 0 saturated carbocycles. The fraction of sp³-hybridized carbons (Fsp3) is 0.583. The van der Waals surface area contributed by atoms with Gasteiger partial charge in [0.15, 0.2) is 5.82 Å². The van der Waals surface area contributed by atoms with Crippen LogP contribution in [0.5, 0.6) is 0 Å². The summed E-state index contributed by atoms with van der Waals surface area (Å²) in [4.78, 5) is 25.2. The number of anilines is 1. The fourth-order valence-electron chi connectivity index (χ4n) is 1.47. The van der Waals surface area contributed by atoms with Crippen molar-refractivity contribution in [1.29, 1.82) is 0 Å². The number of rotatable bonds is 7. The Morgan fingerprint density at radius 3 is 2.79 bits per heavy atom. The molecular weight excluding hydrogens is 250 g/mol. The van der Waals surface area contributed by atoms with Gasteiger partial charge in [-0.25, -0.2) is 0 Å². The first-order valence-corrected chi connectivity index (χ1v) is 6.02. The second-order valence-electron chi connectivity index (χ2n) is 4.34. The summed E-state index contributed by atoms with van der Waals surface area (Å²) in [5, 5.41) is 6.11. The van der Waals surface area contributed by atoms with Crippen molar-refractivity contribution < 1.29 is 18.8 Å². The lowest BCUT2D eigenvalue weighted by atomic mass is 10.2. The molecule has 1 aromatic heterocycles. The highest BCUT2D eigenvalue weighted by molar-refractivity contribution is 5.93. The van der Waals surface area contributed by atoms with Crippen LogP contribution in [0.1, 0.15) is 13.8 Å². The van der Waals surface area contributed by atoms with Crippen molar-refractivity contribution in [3.63, 3.8) is 0 Å². The minimum Gasteiger partial charge on any atom is -0.383 e. The number of nitrogens with one attached hydrogen (secondary N) is 1. The van der Waals surface area contributed by atoms with Crippen LogP contribution in [0.4, 0.5) is 5.82 Å². The van der Waals surface area contributed by atoms with E-state index in [1.54, 1.807) is 21.0 Å². The molecular formula is C12H19N3O4. The van der Waals surface area contributed by atoms with Crippen molar-refractivity contribution in [2.75, 3.05) is 32.1 Å². The van der Waals surface area contributed by atoms with E-state index in [0.717, 1.165) is 0 Å². The molecule has 0 aliphatic rings. The van der Waals surface area contributed by atoms with Gasteiger partial charge in [-0.15, -0.1) is 0 Å². The second kappa shape index (κ2) is 7.52. The third-order valence-corrected chi connectivity index (χ3v) is 2.41. The van der Waals surface area contributed by atoms with Crippen molar-refractivity contribution in [3.8, 4) is 0 Å². The van der Waals surface area contributed by atoms with Crippen molar-refractivity contribution >= 4 is 17.6 Å². The highest BCUT2D eigenvalue weighted by Gasteiger charge is 2.19. The molecule has 0 saturated heterocycles. The van der Waals surface area contributed by atoms with Gasteiger partial charge in [-0.2, -0.15) is 0 Å². The number of carbonyl (C=O) groups is 2. The summed E-state index contributed by atoms with van der Waals surface area (Å²) in [6.07, 6.45) is 1.36. The number of hydrogen-bond acceptors (Lipinski definition) is 5. The summed E-state index contributed by atoms with van der Waals surface area (Å²) in [6, 6.07) is 1.53. The third kappa shape index (κ3) is 5.09. The molecule has 0 spiro atoms. The van der Waals surface area contributed by atoms with E-state index in [1.165, 1.54) is 17.2 Å². The molecule has 7 heteroatoms. The number of amides is 2. The van der Waals surface area contributed by atoms with Gasteiger partial charge in [0.1, 0.15) is 6.26 Å². The number of nitrogens with zero attached hydrogens (tertiary/aromatic N) is 2. The van der Waals surface area contributed by atoms with Crippen LogP contribution in [0.3, 0.4) is 0 Å². The average Bonchev–Trinajstić information content (AvgIpc) is 2.86. The highest BCUT2D eigenvalue weighted by atomic mass is 16.5. The van der Waals surface area contributed by atoms with Crippen LogP contribution in [-0.4, -0.2) is 48.7 Å². The van der Waals surface area contributed by atoms with Gasteiger partial charge in [0.2, 0.25) is 11.8 Å². The molecule has 0 radical (unpaired) electrons. The first-order valence-electron chi connectivity index (χ1n) is 6.02. The van der Waals surface area contributed by atoms with Gasteiger partial charge in [-0.3, -0.25) is 9.59 Å².